The zero-order valence-electron chi connectivity index (χ0n) is 14.6. The van der Waals surface area contributed by atoms with E-state index in [1.54, 1.807) is 0 Å². The number of hydrogen-bond acceptors (Lipinski definition) is 3. The van der Waals surface area contributed by atoms with Crippen molar-refractivity contribution in [2.75, 3.05) is 10.6 Å². The molecule has 3 heteroatoms. The summed E-state index contributed by atoms with van der Waals surface area (Å²) in [7, 11) is 0. The Balaban J connectivity index is 1.80. The van der Waals surface area contributed by atoms with Gasteiger partial charge in [-0.1, -0.05) is 38.1 Å². The summed E-state index contributed by atoms with van der Waals surface area (Å²) in [6.45, 7) is 4.39. The molecular formula is C21H26N2O. The lowest BCUT2D eigenvalue weighted by Crippen LogP contribution is -2.39. The number of carbonyl (C=O) groups excluding carboxylic acids is 1. The van der Waals surface area contributed by atoms with Crippen LogP contribution < -0.4 is 10.6 Å². The first-order valence-electron chi connectivity index (χ1n) is 9.07. The number of allylic oxidation sites excluding steroid dienone is 3. The van der Waals surface area contributed by atoms with Gasteiger partial charge < -0.3 is 10.6 Å². The summed E-state index contributed by atoms with van der Waals surface area (Å²) < 4.78 is 0. The van der Waals surface area contributed by atoms with Crippen molar-refractivity contribution in [1.82, 2.24) is 0 Å². The van der Waals surface area contributed by atoms with Crippen LogP contribution in [0.2, 0.25) is 0 Å². The highest BCUT2D eigenvalue weighted by molar-refractivity contribution is 6.00. The van der Waals surface area contributed by atoms with Crippen LogP contribution in [-0.4, -0.2) is 11.8 Å². The van der Waals surface area contributed by atoms with Crippen molar-refractivity contribution < 1.29 is 4.79 Å². The molecule has 2 N–H and O–H groups in total. The van der Waals surface area contributed by atoms with Gasteiger partial charge in [0.15, 0.2) is 5.78 Å². The molecule has 0 amide bonds. The summed E-state index contributed by atoms with van der Waals surface area (Å²) in [5, 5.41) is 7.31. The fraction of sp³-hybridized carbons (Fsp3) is 0.476. The average Bonchev–Trinajstić information content (AvgIpc) is 2.70. The number of fused-ring (bicyclic) bond motifs is 1. The van der Waals surface area contributed by atoms with Gasteiger partial charge in [0.1, 0.15) is 0 Å². The van der Waals surface area contributed by atoms with Crippen LogP contribution in [0.4, 0.5) is 11.4 Å². The van der Waals surface area contributed by atoms with E-state index >= 15 is 0 Å². The number of carbonyl (C=O) groups is 1. The monoisotopic (exact) mass is 322 g/mol. The van der Waals surface area contributed by atoms with Gasteiger partial charge in [-0.15, -0.1) is 0 Å². The lowest BCUT2D eigenvalue weighted by Gasteiger charge is -2.37. The average molecular weight is 322 g/mol. The number of ketones is 1. The number of anilines is 2. The van der Waals surface area contributed by atoms with E-state index in [-0.39, 0.29) is 11.5 Å². The quantitative estimate of drug-likeness (QED) is 0.723. The summed E-state index contributed by atoms with van der Waals surface area (Å²) in [5.41, 5.74) is 4.36. The second-order valence-electron chi connectivity index (χ2n) is 8.17. The van der Waals surface area contributed by atoms with Gasteiger partial charge in [0, 0.05) is 17.7 Å². The number of nitrogens with one attached hydrogen (secondary N) is 2. The van der Waals surface area contributed by atoms with Crippen LogP contribution in [0.5, 0.6) is 0 Å². The van der Waals surface area contributed by atoms with E-state index in [1.165, 1.54) is 0 Å². The van der Waals surface area contributed by atoms with Gasteiger partial charge in [-0.05, 0) is 49.1 Å². The van der Waals surface area contributed by atoms with Crippen LogP contribution in [-0.2, 0) is 4.79 Å². The van der Waals surface area contributed by atoms with Gasteiger partial charge >= 0.3 is 0 Å². The van der Waals surface area contributed by atoms with Crippen molar-refractivity contribution >= 4 is 17.2 Å². The minimum atomic E-state index is 0.0270. The van der Waals surface area contributed by atoms with E-state index in [0.717, 1.165) is 48.3 Å². The first kappa shape index (κ1) is 15.5. The molecular weight excluding hydrogens is 296 g/mol. The molecule has 1 aliphatic heterocycles. The minimum Gasteiger partial charge on any atom is -0.376 e. The van der Waals surface area contributed by atoms with Crippen molar-refractivity contribution in [2.24, 2.45) is 11.3 Å². The van der Waals surface area contributed by atoms with Gasteiger partial charge in [0.05, 0.1) is 17.4 Å². The van der Waals surface area contributed by atoms with E-state index in [4.69, 9.17) is 0 Å². The molecule has 4 rings (SSSR count). The first-order valence-corrected chi connectivity index (χ1v) is 9.07. The molecule has 24 heavy (non-hydrogen) atoms. The molecule has 0 fully saturated rings. The largest absolute Gasteiger partial charge is 0.376 e. The summed E-state index contributed by atoms with van der Waals surface area (Å²) in [5.74, 6) is 0.798. The van der Waals surface area contributed by atoms with Gasteiger partial charge in [-0.25, -0.2) is 0 Å². The number of Topliss-reactive ketones (excluding diaryl/α,β-unsaturated/α-hetero) is 1. The number of para-hydroxylation sites is 2. The second-order valence-corrected chi connectivity index (χ2v) is 8.17. The van der Waals surface area contributed by atoms with Gasteiger partial charge in [0.2, 0.25) is 0 Å². The number of benzene rings is 1. The molecule has 1 aromatic rings. The van der Waals surface area contributed by atoms with E-state index in [0.29, 0.717) is 18.1 Å². The van der Waals surface area contributed by atoms with Crippen LogP contribution in [0.15, 0.2) is 47.7 Å². The van der Waals surface area contributed by atoms with Crippen molar-refractivity contribution in [1.29, 1.82) is 0 Å². The fourth-order valence-corrected chi connectivity index (χ4v) is 4.40. The molecule has 1 heterocycles. The lowest BCUT2D eigenvalue weighted by atomic mass is 9.71. The molecule has 1 aromatic carbocycles. The summed E-state index contributed by atoms with van der Waals surface area (Å²) in [6.07, 6.45) is 9.42. The molecule has 0 saturated carbocycles. The Morgan fingerprint density at radius 1 is 1.08 bits per heavy atom. The predicted molar refractivity (Wildman–Crippen MR) is 99.0 cm³/mol. The third-order valence-corrected chi connectivity index (χ3v) is 5.54. The second kappa shape index (κ2) is 5.80. The van der Waals surface area contributed by atoms with Gasteiger partial charge in [-0.2, -0.15) is 0 Å². The highest BCUT2D eigenvalue weighted by Gasteiger charge is 2.40. The topological polar surface area (TPSA) is 41.1 Å². The Hall–Kier alpha value is -2.03. The molecule has 0 saturated heterocycles. The number of hydrogen-bond donors (Lipinski definition) is 2. The van der Waals surface area contributed by atoms with E-state index < -0.39 is 0 Å². The highest BCUT2D eigenvalue weighted by Crippen LogP contribution is 2.44. The Morgan fingerprint density at radius 3 is 2.62 bits per heavy atom. The van der Waals surface area contributed by atoms with E-state index in [9.17, 15) is 4.79 Å². The zero-order valence-corrected chi connectivity index (χ0v) is 14.6. The first-order chi connectivity index (χ1) is 11.5. The molecule has 126 valence electrons. The van der Waals surface area contributed by atoms with Crippen molar-refractivity contribution in [3.8, 4) is 0 Å². The van der Waals surface area contributed by atoms with Crippen molar-refractivity contribution in [3.63, 3.8) is 0 Å². The normalized spacial score (nSPS) is 28.3. The number of rotatable bonds is 1. The third-order valence-electron chi connectivity index (χ3n) is 5.54. The van der Waals surface area contributed by atoms with Crippen LogP contribution >= 0.6 is 0 Å². The lowest BCUT2D eigenvalue weighted by molar-refractivity contribution is -0.118. The Bertz CT molecular complexity index is 729. The molecule has 0 bridgehead atoms. The Morgan fingerprint density at radius 2 is 1.88 bits per heavy atom. The Labute approximate surface area is 144 Å². The maximum Gasteiger partial charge on any atom is 0.163 e. The summed E-state index contributed by atoms with van der Waals surface area (Å²) in [4.78, 5) is 13.0. The minimum absolute atomic E-state index is 0.0270. The molecule has 0 radical (unpaired) electrons. The molecule has 0 aromatic heterocycles. The maximum atomic E-state index is 13.0. The summed E-state index contributed by atoms with van der Waals surface area (Å²) in [6, 6.07) is 8.43. The predicted octanol–water partition coefficient (Wildman–Crippen LogP) is 4.89. The zero-order chi connectivity index (χ0) is 16.7. The van der Waals surface area contributed by atoms with Crippen LogP contribution in [0.3, 0.4) is 0 Å². The molecule has 2 atom stereocenters. The van der Waals surface area contributed by atoms with Crippen molar-refractivity contribution in [2.45, 2.75) is 52.0 Å². The van der Waals surface area contributed by atoms with Crippen LogP contribution in [0.1, 0.15) is 46.0 Å². The maximum absolute atomic E-state index is 13.0. The summed E-state index contributed by atoms with van der Waals surface area (Å²) >= 11 is 0. The SMILES string of the molecule is CC1(C)CC(=O)C2=C(C1)Nc1ccccc1N[C@@H]2[C@H]1CC=CCC1. The van der Waals surface area contributed by atoms with Crippen LogP contribution in [0, 0.1) is 11.3 Å². The fourth-order valence-electron chi connectivity index (χ4n) is 4.40. The molecule has 0 unspecified atom stereocenters. The molecule has 0 spiro atoms. The van der Waals surface area contributed by atoms with E-state index in [2.05, 4.69) is 54.8 Å². The van der Waals surface area contributed by atoms with E-state index in [1.807, 2.05) is 6.07 Å². The van der Waals surface area contributed by atoms with Crippen molar-refractivity contribution in [3.05, 3.63) is 47.7 Å². The van der Waals surface area contributed by atoms with Crippen LogP contribution in [0.25, 0.3) is 0 Å². The molecule has 3 nitrogen and oxygen atoms in total. The smallest absolute Gasteiger partial charge is 0.163 e. The molecule has 2 aliphatic carbocycles. The van der Waals surface area contributed by atoms with Gasteiger partial charge in [-0.3, -0.25) is 4.79 Å². The standard InChI is InChI=1S/C21H26N2O/c1-21(2)12-17-19(18(24)13-21)20(14-8-4-3-5-9-14)23-16-11-7-6-10-15(16)22-17/h3-4,6-7,10-11,14,20,22-23H,5,8-9,12-13H2,1-2H3/t14-,20+/m0/s1. The van der Waals surface area contributed by atoms with Gasteiger partial charge in [0.25, 0.3) is 0 Å². The molecule has 3 aliphatic rings. The Kier molecular flexibility index (Phi) is 3.75. The highest BCUT2D eigenvalue weighted by atomic mass is 16.1. The third kappa shape index (κ3) is 2.77.